The third-order valence-electron chi connectivity index (χ3n) is 5.76. The number of likely N-dealkylation sites (N-methyl/N-ethyl adjacent to an activating group) is 2. The Hall–Kier alpha value is -2.86. The maximum Gasteiger partial charge on any atom is 0.322 e. The Labute approximate surface area is 165 Å². The van der Waals surface area contributed by atoms with Crippen molar-refractivity contribution in [2.45, 2.75) is 31.3 Å². The predicted octanol–water partition coefficient (Wildman–Crippen LogP) is 4.25. The number of amides is 2. The zero-order chi connectivity index (χ0) is 19.5. The minimum absolute atomic E-state index is 0.00385. The minimum atomic E-state index is -0.101. The van der Waals surface area contributed by atoms with E-state index in [4.69, 9.17) is 0 Å². The molecule has 2 heterocycles. The lowest BCUT2D eigenvalue weighted by Gasteiger charge is -2.42. The van der Waals surface area contributed by atoms with Gasteiger partial charge in [0.15, 0.2) is 0 Å². The predicted molar refractivity (Wildman–Crippen MR) is 112 cm³/mol. The standard InChI is InChI=1S/C22H27N5O/c1-26-13-7-6-10-20(26)21(16-8-4-3-5-9-16)27(2)22(28)24-18-11-12-19-17(14-18)15-23-25-19/h3-5,8-9,11-12,14-15,20-21H,6-7,10,13H2,1-2H3,(H,23,25)(H,24,28)/t20-,21+/m1/s1. The van der Waals surface area contributed by atoms with Crippen LogP contribution in [-0.4, -0.2) is 52.7 Å². The summed E-state index contributed by atoms with van der Waals surface area (Å²) < 4.78 is 0. The highest BCUT2D eigenvalue weighted by Crippen LogP contribution is 2.32. The van der Waals surface area contributed by atoms with Crippen LogP contribution >= 0.6 is 0 Å². The lowest BCUT2D eigenvalue weighted by Crippen LogP contribution is -2.48. The number of hydrogen-bond acceptors (Lipinski definition) is 3. The average Bonchev–Trinajstić information content (AvgIpc) is 3.18. The van der Waals surface area contributed by atoms with Crippen LogP contribution in [0, 0.1) is 0 Å². The van der Waals surface area contributed by atoms with Crippen molar-refractivity contribution in [2.24, 2.45) is 0 Å². The Morgan fingerprint density at radius 3 is 2.86 bits per heavy atom. The molecule has 1 aliphatic heterocycles. The summed E-state index contributed by atoms with van der Waals surface area (Å²) in [7, 11) is 4.06. The molecule has 0 radical (unpaired) electrons. The number of nitrogens with one attached hydrogen (secondary N) is 2. The summed E-state index contributed by atoms with van der Waals surface area (Å²) in [5, 5.41) is 11.0. The van der Waals surface area contributed by atoms with Crippen molar-refractivity contribution in [3.63, 3.8) is 0 Å². The van der Waals surface area contributed by atoms with Crippen LogP contribution in [0.5, 0.6) is 0 Å². The van der Waals surface area contributed by atoms with Crippen molar-refractivity contribution in [3.05, 3.63) is 60.3 Å². The third kappa shape index (κ3) is 3.73. The smallest absolute Gasteiger partial charge is 0.319 e. The maximum atomic E-state index is 13.1. The topological polar surface area (TPSA) is 64.3 Å². The number of likely N-dealkylation sites (tertiary alicyclic amines) is 1. The highest BCUT2D eigenvalue weighted by Gasteiger charge is 2.33. The summed E-state index contributed by atoms with van der Waals surface area (Å²) in [6.07, 6.45) is 5.27. The molecular formula is C22H27N5O. The van der Waals surface area contributed by atoms with Gasteiger partial charge in [0.1, 0.15) is 0 Å². The number of H-pyrrole nitrogens is 1. The van der Waals surface area contributed by atoms with Gasteiger partial charge in [-0.2, -0.15) is 5.10 Å². The molecule has 3 aromatic rings. The van der Waals surface area contributed by atoms with Crippen molar-refractivity contribution >= 4 is 22.6 Å². The fourth-order valence-corrected chi connectivity index (χ4v) is 4.21. The SMILES string of the molecule is CN1CCCC[C@@H]1[C@H](c1ccccc1)N(C)C(=O)Nc1ccc2[nH]ncc2c1. The van der Waals surface area contributed by atoms with E-state index >= 15 is 0 Å². The highest BCUT2D eigenvalue weighted by molar-refractivity contribution is 5.92. The van der Waals surface area contributed by atoms with E-state index in [0.717, 1.165) is 29.6 Å². The first-order valence-corrected chi connectivity index (χ1v) is 9.85. The molecule has 0 bridgehead atoms. The lowest BCUT2D eigenvalue weighted by molar-refractivity contribution is 0.0992. The molecule has 1 saturated heterocycles. The molecule has 6 nitrogen and oxygen atoms in total. The number of piperidine rings is 1. The summed E-state index contributed by atoms with van der Waals surface area (Å²) >= 11 is 0. The van der Waals surface area contributed by atoms with Gasteiger partial charge in [0.2, 0.25) is 0 Å². The van der Waals surface area contributed by atoms with E-state index in [1.165, 1.54) is 18.4 Å². The van der Waals surface area contributed by atoms with Gasteiger partial charge < -0.3 is 15.1 Å². The average molecular weight is 377 g/mol. The van der Waals surface area contributed by atoms with E-state index in [1.807, 2.05) is 48.3 Å². The van der Waals surface area contributed by atoms with Crippen molar-refractivity contribution in [1.82, 2.24) is 20.0 Å². The number of benzene rings is 2. The van der Waals surface area contributed by atoms with Crippen LogP contribution in [0.4, 0.5) is 10.5 Å². The fourth-order valence-electron chi connectivity index (χ4n) is 4.21. The number of aromatic nitrogens is 2. The van der Waals surface area contributed by atoms with E-state index in [0.29, 0.717) is 6.04 Å². The molecule has 2 N–H and O–H groups in total. The van der Waals surface area contributed by atoms with Crippen molar-refractivity contribution < 1.29 is 4.79 Å². The normalized spacial score (nSPS) is 18.7. The first-order valence-electron chi connectivity index (χ1n) is 9.85. The molecule has 0 spiro atoms. The molecule has 6 heteroatoms. The highest BCUT2D eigenvalue weighted by atomic mass is 16.2. The number of aromatic amines is 1. The van der Waals surface area contributed by atoms with Crippen molar-refractivity contribution in [1.29, 1.82) is 0 Å². The minimum Gasteiger partial charge on any atom is -0.319 e. The molecule has 2 aromatic carbocycles. The lowest BCUT2D eigenvalue weighted by atomic mass is 9.90. The molecule has 0 aliphatic carbocycles. The summed E-state index contributed by atoms with van der Waals surface area (Å²) in [6.45, 7) is 1.07. The second kappa shape index (κ2) is 8.02. The number of fused-ring (bicyclic) bond motifs is 1. The van der Waals surface area contributed by atoms with Gasteiger partial charge in [-0.25, -0.2) is 4.79 Å². The summed E-state index contributed by atoms with van der Waals surface area (Å²) in [6, 6.07) is 16.3. The molecule has 146 valence electrons. The zero-order valence-corrected chi connectivity index (χ0v) is 16.4. The number of urea groups is 1. The van der Waals surface area contributed by atoms with Gasteiger partial charge >= 0.3 is 6.03 Å². The van der Waals surface area contributed by atoms with Gasteiger partial charge in [-0.15, -0.1) is 0 Å². The quantitative estimate of drug-likeness (QED) is 0.714. The number of anilines is 1. The van der Waals surface area contributed by atoms with Gasteiger partial charge in [-0.1, -0.05) is 36.8 Å². The second-order valence-electron chi connectivity index (χ2n) is 7.61. The molecule has 0 saturated carbocycles. The van der Waals surface area contributed by atoms with Crippen molar-refractivity contribution in [3.8, 4) is 0 Å². The Morgan fingerprint density at radius 2 is 2.07 bits per heavy atom. The van der Waals surface area contributed by atoms with E-state index < -0.39 is 0 Å². The number of rotatable bonds is 4. The van der Waals surface area contributed by atoms with Crippen LogP contribution in [0.15, 0.2) is 54.7 Å². The summed E-state index contributed by atoms with van der Waals surface area (Å²) in [4.78, 5) is 17.4. The van der Waals surface area contributed by atoms with Gasteiger partial charge in [0.05, 0.1) is 17.8 Å². The van der Waals surface area contributed by atoms with E-state index in [-0.39, 0.29) is 12.1 Å². The molecule has 1 fully saturated rings. The Balaban J connectivity index is 1.58. The van der Waals surface area contributed by atoms with Gasteiger partial charge in [-0.3, -0.25) is 5.10 Å². The molecule has 1 aliphatic rings. The Morgan fingerprint density at radius 1 is 1.25 bits per heavy atom. The van der Waals surface area contributed by atoms with Gasteiger partial charge in [-0.05, 0) is 50.2 Å². The monoisotopic (exact) mass is 377 g/mol. The van der Waals surface area contributed by atoms with Gasteiger partial charge in [0, 0.05) is 24.2 Å². The Kier molecular flexibility index (Phi) is 5.30. The van der Waals surface area contributed by atoms with Crippen LogP contribution in [0.25, 0.3) is 10.9 Å². The van der Waals surface area contributed by atoms with Crippen LogP contribution in [0.2, 0.25) is 0 Å². The largest absolute Gasteiger partial charge is 0.322 e. The van der Waals surface area contributed by atoms with Gasteiger partial charge in [0.25, 0.3) is 0 Å². The summed E-state index contributed by atoms with van der Waals surface area (Å²) in [5.74, 6) is 0. The van der Waals surface area contributed by atoms with Crippen molar-refractivity contribution in [2.75, 3.05) is 26.0 Å². The van der Waals surface area contributed by atoms with Crippen LogP contribution in [0.3, 0.4) is 0 Å². The number of carbonyl (C=O) groups excluding carboxylic acids is 1. The fraction of sp³-hybridized carbons (Fsp3) is 0.364. The zero-order valence-electron chi connectivity index (χ0n) is 16.4. The Bertz CT molecular complexity index is 938. The second-order valence-corrected chi connectivity index (χ2v) is 7.61. The molecule has 1 aromatic heterocycles. The number of carbonyl (C=O) groups is 1. The third-order valence-corrected chi connectivity index (χ3v) is 5.76. The molecule has 28 heavy (non-hydrogen) atoms. The number of nitrogens with zero attached hydrogens (tertiary/aromatic N) is 3. The summed E-state index contributed by atoms with van der Waals surface area (Å²) in [5.41, 5.74) is 2.90. The molecule has 2 amide bonds. The first-order chi connectivity index (χ1) is 13.6. The maximum absolute atomic E-state index is 13.1. The molecule has 2 atom stereocenters. The molecule has 4 rings (SSSR count). The van der Waals surface area contributed by atoms with Crippen LogP contribution in [-0.2, 0) is 0 Å². The van der Waals surface area contributed by atoms with Crippen LogP contribution in [0.1, 0.15) is 30.9 Å². The van der Waals surface area contributed by atoms with E-state index in [9.17, 15) is 4.79 Å². The molecule has 0 unspecified atom stereocenters. The van der Waals surface area contributed by atoms with E-state index in [2.05, 4.69) is 39.6 Å². The van der Waals surface area contributed by atoms with Crippen LogP contribution < -0.4 is 5.32 Å². The van der Waals surface area contributed by atoms with E-state index in [1.54, 1.807) is 6.20 Å². The molecular weight excluding hydrogens is 350 g/mol. The number of hydrogen-bond donors (Lipinski definition) is 2. The first kappa shape index (κ1) is 18.5.